The lowest BCUT2D eigenvalue weighted by atomic mass is 9.80. The summed E-state index contributed by atoms with van der Waals surface area (Å²) in [7, 11) is 1.22. The summed E-state index contributed by atoms with van der Waals surface area (Å²) in [6, 6.07) is 36.5. The molecule has 5 aromatic rings. The quantitative estimate of drug-likeness (QED) is 0.0485. The Morgan fingerprint density at radius 2 is 1.44 bits per heavy atom. The van der Waals surface area contributed by atoms with Crippen molar-refractivity contribution in [2.24, 2.45) is 0 Å². The monoisotopic (exact) mass is 851 g/mol. The molecule has 0 bridgehead atoms. The van der Waals surface area contributed by atoms with Gasteiger partial charge in [-0.15, -0.1) is 0 Å². The summed E-state index contributed by atoms with van der Waals surface area (Å²) in [5.41, 5.74) is 0.498. The number of nitriles is 1. The fourth-order valence-corrected chi connectivity index (χ4v) is 9.08. The number of anilines is 1. The van der Waals surface area contributed by atoms with Gasteiger partial charge in [-0.25, -0.2) is 13.9 Å². The number of ether oxygens (including phenoxy) is 4. The Labute approximate surface area is 356 Å². The fraction of sp³-hybridized carbons (Fsp3) is 0.348. The van der Waals surface area contributed by atoms with Crippen LogP contribution in [0.3, 0.4) is 0 Å². The number of nitrogens with zero attached hydrogens (tertiary/aromatic N) is 4. The molecule has 1 amide bonds. The van der Waals surface area contributed by atoms with Gasteiger partial charge in [0, 0.05) is 23.8 Å². The molecule has 320 valence electrons. The smallest absolute Gasteiger partial charge is 0.351 e. The van der Waals surface area contributed by atoms with E-state index < -0.39 is 50.3 Å². The average molecular weight is 852 g/mol. The van der Waals surface area contributed by atoms with Crippen molar-refractivity contribution >= 4 is 20.3 Å². The zero-order chi connectivity index (χ0) is 43.5. The van der Waals surface area contributed by atoms with Crippen molar-refractivity contribution < 1.29 is 37.2 Å². The second-order valence-electron chi connectivity index (χ2n) is 14.8. The molecule has 13 nitrogen and oxygen atoms in total. The number of carbonyl (C=O) groups is 1. The van der Waals surface area contributed by atoms with Gasteiger partial charge in [0.1, 0.15) is 35.1 Å². The Morgan fingerprint density at radius 3 is 1.97 bits per heavy atom. The van der Waals surface area contributed by atoms with E-state index in [1.807, 2.05) is 111 Å². The molecule has 0 saturated carbocycles. The third-order valence-electron chi connectivity index (χ3n) is 10.2. The fourth-order valence-electron chi connectivity index (χ4n) is 7.31. The minimum absolute atomic E-state index is 0.0123. The van der Waals surface area contributed by atoms with Gasteiger partial charge in [0.05, 0.1) is 39.9 Å². The van der Waals surface area contributed by atoms with E-state index in [0.29, 0.717) is 17.1 Å². The lowest BCUT2D eigenvalue weighted by molar-refractivity contribution is -0.0934. The number of amides is 1. The van der Waals surface area contributed by atoms with Crippen LogP contribution in [0.1, 0.15) is 67.4 Å². The maximum atomic E-state index is 17.4. The normalized spacial score (nSPS) is 18.2. The zero-order valence-corrected chi connectivity index (χ0v) is 35.9. The number of nitrogens with one attached hydrogen (secondary N) is 1. The van der Waals surface area contributed by atoms with Gasteiger partial charge in [0.2, 0.25) is 0 Å². The number of aromatic nitrogens is 2. The summed E-state index contributed by atoms with van der Waals surface area (Å²) in [5, 5.41) is 12.0. The van der Waals surface area contributed by atoms with E-state index in [2.05, 4.69) is 16.4 Å². The van der Waals surface area contributed by atoms with Gasteiger partial charge in [-0.05, 0) is 86.8 Å². The maximum Gasteiger partial charge on any atom is 0.351 e. The van der Waals surface area contributed by atoms with Gasteiger partial charge in [-0.3, -0.25) is 9.36 Å². The molecule has 0 aliphatic carbocycles. The van der Waals surface area contributed by atoms with Crippen LogP contribution in [0, 0.1) is 11.3 Å². The van der Waals surface area contributed by atoms with Crippen molar-refractivity contribution in [2.45, 2.75) is 76.4 Å². The lowest BCUT2D eigenvalue weighted by Gasteiger charge is -2.39. The number of halogens is 1. The lowest BCUT2D eigenvalue weighted by Crippen LogP contribution is -2.41. The predicted molar refractivity (Wildman–Crippen MR) is 230 cm³/mol. The van der Waals surface area contributed by atoms with Gasteiger partial charge in [-0.2, -0.15) is 10.2 Å². The van der Waals surface area contributed by atoms with Gasteiger partial charge in [0.25, 0.3) is 14.4 Å². The second-order valence-corrected chi connectivity index (χ2v) is 16.2. The van der Waals surface area contributed by atoms with E-state index in [9.17, 15) is 14.9 Å². The van der Waals surface area contributed by atoms with Crippen LogP contribution < -0.4 is 20.5 Å². The molecule has 1 saturated heterocycles. The molecule has 1 aliphatic rings. The summed E-state index contributed by atoms with van der Waals surface area (Å²) in [6.45, 7) is 7.75. The summed E-state index contributed by atoms with van der Waals surface area (Å²) in [5.74, 6) is 0.814. The molecule has 0 spiro atoms. The summed E-state index contributed by atoms with van der Waals surface area (Å²) < 4.78 is 58.0. The molecule has 2 heterocycles. The first-order chi connectivity index (χ1) is 29.5. The van der Waals surface area contributed by atoms with Crippen LogP contribution in [-0.4, -0.2) is 78.0 Å². The maximum absolute atomic E-state index is 17.4. The molecular formula is C46H51FN5O8P. The van der Waals surface area contributed by atoms with Crippen molar-refractivity contribution in [1.29, 1.82) is 5.26 Å². The van der Waals surface area contributed by atoms with Gasteiger partial charge in [-0.1, -0.05) is 72.8 Å². The summed E-state index contributed by atoms with van der Waals surface area (Å²) >= 11 is 0. The molecule has 4 aromatic carbocycles. The Hall–Kier alpha value is -5.52. The largest absolute Gasteiger partial charge is 0.497 e. The first kappa shape index (κ1) is 45.0. The minimum Gasteiger partial charge on any atom is -0.497 e. The molecule has 1 aromatic heterocycles. The molecule has 1 aliphatic heterocycles. The Kier molecular flexibility index (Phi) is 15.4. The molecule has 5 atom stereocenters. The van der Waals surface area contributed by atoms with Gasteiger partial charge < -0.3 is 33.3 Å². The van der Waals surface area contributed by atoms with Crippen LogP contribution >= 0.6 is 8.53 Å². The van der Waals surface area contributed by atoms with E-state index in [1.54, 1.807) is 44.6 Å². The van der Waals surface area contributed by atoms with Crippen LogP contribution in [0.4, 0.5) is 10.2 Å². The SMILES string of the molecule is COc1ccc(C(OC[C@H]2O[C@@H](n3ccc(NC(=O)c4ccccc4)nc3=O)[C@H](F)[C@@H]2OP(OCCC#N)N(C(C)C)C(C)C)(c2ccccc2)c2ccc(OC)cc2)cc1. The standard InChI is InChI=1S/C46H51FN5O8P/c1-31(2)52(32(3)4)61(58-29-13-27-48)60-42-39(59-44(41(42)47)51-28-26-40(50-45(51)54)49-43(53)33-14-9-7-10-15-33)30-57-46(34-16-11-8-12-17-34,35-18-22-37(55-5)23-19-35)36-20-24-38(56-6)25-21-36/h7-12,14-26,28,31-32,39,41-42,44H,13,29-30H2,1-6H3,(H,49,50,53,54)/t39-,41-,42-,44-,61?/m1/s1. The van der Waals surface area contributed by atoms with E-state index in [4.69, 9.17) is 28.0 Å². The topological polar surface area (TPSA) is 146 Å². The van der Waals surface area contributed by atoms with Crippen molar-refractivity contribution in [1.82, 2.24) is 14.2 Å². The second kappa shape index (κ2) is 20.8. The van der Waals surface area contributed by atoms with Crippen molar-refractivity contribution in [3.8, 4) is 17.6 Å². The van der Waals surface area contributed by atoms with E-state index >= 15 is 4.39 Å². The summed E-state index contributed by atoms with van der Waals surface area (Å²) in [6.07, 6.45) is -4.46. The average Bonchev–Trinajstić information content (AvgIpc) is 3.58. The first-order valence-corrected chi connectivity index (χ1v) is 21.1. The molecule has 15 heteroatoms. The molecule has 61 heavy (non-hydrogen) atoms. The highest BCUT2D eigenvalue weighted by Crippen LogP contribution is 2.51. The molecule has 1 N–H and O–H groups in total. The van der Waals surface area contributed by atoms with Gasteiger partial charge in [0.15, 0.2) is 12.4 Å². The van der Waals surface area contributed by atoms with E-state index in [1.165, 1.54) is 12.3 Å². The highest BCUT2D eigenvalue weighted by Gasteiger charge is 2.51. The minimum atomic E-state index is -1.97. The third kappa shape index (κ3) is 10.3. The number of rotatable bonds is 19. The molecule has 1 fully saturated rings. The Bertz CT molecular complexity index is 2220. The zero-order valence-electron chi connectivity index (χ0n) is 35.0. The van der Waals surface area contributed by atoms with Crippen LogP contribution in [0.25, 0.3) is 0 Å². The Balaban J connectivity index is 1.42. The number of hydrogen-bond acceptors (Lipinski definition) is 11. The molecule has 0 radical (unpaired) electrons. The Morgan fingerprint density at radius 1 is 0.885 bits per heavy atom. The molecular weight excluding hydrogens is 801 g/mol. The summed E-state index contributed by atoms with van der Waals surface area (Å²) in [4.78, 5) is 30.6. The van der Waals surface area contributed by atoms with E-state index in [-0.39, 0.29) is 37.5 Å². The molecule has 1 unspecified atom stereocenters. The van der Waals surface area contributed by atoms with Crippen LogP contribution in [0.2, 0.25) is 0 Å². The molecule has 6 rings (SSSR count). The van der Waals surface area contributed by atoms with Crippen LogP contribution in [0.15, 0.2) is 126 Å². The number of hydrogen-bond donors (Lipinski definition) is 1. The predicted octanol–water partition coefficient (Wildman–Crippen LogP) is 8.42. The first-order valence-electron chi connectivity index (χ1n) is 20.0. The number of benzene rings is 4. The van der Waals surface area contributed by atoms with Crippen molar-refractivity contribution in [2.75, 3.05) is 32.8 Å². The third-order valence-corrected chi connectivity index (χ3v) is 12.3. The number of alkyl halides is 1. The number of methoxy groups -OCH3 is 2. The van der Waals surface area contributed by atoms with Crippen LogP contribution in [-0.2, 0) is 24.1 Å². The highest BCUT2D eigenvalue weighted by atomic mass is 31.2. The van der Waals surface area contributed by atoms with Crippen molar-refractivity contribution in [3.63, 3.8) is 0 Å². The van der Waals surface area contributed by atoms with E-state index in [0.717, 1.165) is 21.3 Å². The van der Waals surface area contributed by atoms with Gasteiger partial charge >= 0.3 is 5.69 Å². The number of carbonyl (C=O) groups excluding carboxylic acids is 1. The van der Waals surface area contributed by atoms with Crippen molar-refractivity contribution in [3.05, 3.63) is 154 Å². The highest BCUT2D eigenvalue weighted by molar-refractivity contribution is 7.44. The van der Waals surface area contributed by atoms with Crippen LogP contribution in [0.5, 0.6) is 11.5 Å².